The molecule has 5 heteroatoms. The summed E-state index contributed by atoms with van der Waals surface area (Å²) in [7, 11) is -2.84. The zero-order valence-electron chi connectivity index (χ0n) is 8.35. The molecule has 4 nitrogen and oxygen atoms in total. The first-order valence-corrected chi connectivity index (χ1v) is 7.02. The molecule has 2 rings (SSSR count). The van der Waals surface area contributed by atoms with Crippen LogP contribution >= 0.6 is 0 Å². The number of likely N-dealkylation sites (tertiary alicyclic amines) is 1. The molecule has 2 aliphatic heterocycles. The van der Waals surface area contributed by atoms with Gasteiger partial charge in [-0.3, -0.25) is 4.90 Å². The molecule has 2 fully saturated rings. The average molecular weight is 218 g/mol. The Morgan fingerprint density at radius 2 is 2.07 bits per heavy atom. The molecule has 0 aromatic heterocycles. The molecule has 0 spiro atoms. The van der Waals surface area contributed by atoms with E-state index >= 15 is 0 Å². The lowest BCUT2D eigenvalue weighted by Gasteiger charge is -2.40. The predicted octanol–water partition coefficient (Wildman–Crippen LogP) is -0.403. The highest BCUT2D eigenvalue weighted by Gasteiger charge is 2.40. The van der Waals surface area contributed by atoms with Crippen molar-refractivity contribution in [1.82, 2.24) is 4.90 Å². The van der Waals surface area contributed by atoms with Gasteiger partial charge in [-0.1, -0.05) is 0 Å². The third-order valence-electron chi connectivity index (χ3n) is 3.41. The molecular formula is C9H18N2O2S. The number of nitrogens with zero attached hydrogens (tertiary/aromatic N) is 1. The highest BCUT2D eigenvalue weighted by Crippen LogP contribution is 2.27. The van der Waals surface area contributed by atoms with Crippen molar-refractivity contribution in [2.24, 2.45) is 5.73 Å². The zero-order valence-corrected chi connectivity index (χ0v) is 9.17. The van der Waals surface area contributed by atoms with Crippen molar-refractivity contribution in [2.45, 2.75) is 30.6 Å². The van der Waals surface area contributed by atoms with E-state index in [9.17, 15) is 8.42 Å². The Morgan fingerprint density at radius 3 is 2.43 bits per heavy atom. The second-order valence-corrected chi connectivity index (χ2v) is 6.58. The third-order valence-corrected chi connectivity index (χ3v) is 5.74. The molecule has 0 aliphatic carbocycles. The second-order valence-electron chi connectivity index (χ2n) is 4.24. The molecular weight excluding hydrogens is 200 g/mol. The lowest BCUT2D eigenvalue weighted by molar-refractivity contribution is 0.117. The lowest BCUT2D eigenvalue weighted by atomic mass is 10.0. The molecule has 0 aromatic carbocycles. The van der Waals surface area contributed by atoms with E-state index in [-0.39, 0.29) is 11.3 Å². The van der Waals surface area contributed by atoms with Crippen LogP contribution < -0.4 is 5.73 Å². The van der Waals surface area contributed by atoms with Gasteiger partial charge in [0, 0.05) is 12.6 Å². The first-order chi connectivity index (χ1) is 6.65. The van der Waals surface area contributed by atoms with E-state index in [2.05, 4.69) is 4.90 Å². The standard InChI is InChI=1S/C9H18N2O2S/c10-7-8(11-4-2-5-11)9-3-1-6-14(9,12)13/h8-9H,1-7,10H2. The molecule has 2 aliphatic rings. The van der Waals surface area contributed by atoms with Gasteiger partial charge >= 0.3 is 0 Å². The number of hydrogen-bond acceptors (Lipinski definition) is 4. The quantitative estimate of drug-likeness (QED) is 0.700. The SMILES string of the molecule is NCC(C1CCCS1(=O)=O)N1CCC1. The summed E-state index contributed by atoms with van der Waals surface area (Å²) in [5.41, 5.74) is 5.68. The molecule has 82 valence electrons. The summed E-state index contributed by atoms with van der Waals surface area (Å²) >= 11 is 0. The average Bonchev–Trinajstić information content (AvgIpc) is 2.37. The summed E-state index contributed by atoms with van der Waals surface area (Å²) in [5.74, 6) is 0.363. The zero-order chi connectivity index (χ0) is 10.2. The van der Waals surface area contributed by atoms with Crippen molar-refractivity contribution in [3.05, 3.63) is 0 Å². The Kier molecular flexibility index (Phi) is 2.81. The minimum absolute atomic E-state index is 0.0799. The predicted molar refractivity (Wildman–Crippen MR) is 55.8 cm³/mol. The molecule has 0 bridgehead atoms. The van der Waals surface area contributed by atoms with E-state index in [0.29, 0.717) is 12.3 Å². The monoisotopic (exact) mass is 218 g/mol. The maximum Gasteiger partial charge on any atom is 0.154 e. The van der Waals surface area contributed by atoms with Crippen LogP contribution in [0.25, 0.3) is 0 Å². The van der Waals surface area contributed by atoms with Gasteiger partial charge in [-0.05, 0) is 32.4 Å². The van der Waals surface area contributed by atoms with E-state index < -0.39 is 9.84 Å². The normalized spacial score (nSPS) is 33.9. The molecule has 2 atom stereocenters. The van der Waals surface area contributed by atoms with Gasteiger partial charge in [-0.15, -0.1) is 0 Å². The summed E-state index contributed by atoms with van der Waals surface area (Å²) in [5, 5.41) is -0.187. The topological polar surface area (TPSA) is 63.4 Å². The van der Waals surface area contributed by atoms with Crippen molar-refractivity contribution in [2.75, 3.05) is 25.4 Å². The molecule has 2 N–H and O–H groups in total. The van der Waals surface area contributed by atoms with E-state index in [1.165, 1.54) is 6.42 Å². The van der Waals surface area contributed by atoms with Crippen LogP contribution in [0.3, 0.4) is 0 Å². The first-order valence-electron chi connectivity index (χ1n) is 5.31. The smallest absolute Gasteiger partial charge is 0.154 e. The fourth-order valence-corrected chi connectivity index (χ4v) is 4.62. The van der Waals surface area contributed by atoms with Crippen molar-refractivity contribution < 1.29 is 8.42 Å². The molecule has 0 aromatic rings. The Balaban J connectivity index is 2.10. The van der Waals surface area contributed by atoms with Crippen molar-refractivity contribution >= 4 is 9.84 Å². The second kappa shape index (κ2) is 3.79. The maximum atomic E-state index is 11.7. The molecule has 0 amide bonds. The van der Waals surface area contributed by atoms with Crippen molar-refractivity contribution in [1.29, 1.82) is 0 Å². The summed E-state index contributed by atoms with van der Waals surface area (Å²) in [6, 6.07) is 0.0799. The Labute approximate surface area is 85.4 Å². The largest absolute Gasteiger partial charge is 0.329 e. The van der Waals surface area contributed by atoms with Gasteiger partial charge in [0.2, 0.25) is 0 Å². The van der Waals surface area contributed by atoms with Crippen LogP contribution in [0.15, 0.2) is 0 Å². The maximum absolute atomic E-state index is 11.7. The van der Waals surface area contributed by atoms with E-state index in [1.807, 2.05) is 0 Å². The minimum Gasteiger partial charge on any atom is -0.329 e. The fourth-order valence-electron chi connectivity index (χ4n) is 2.46. The molecule has 0 saturated carbocycles. The highest BCUT2D eigenvalue weighted by molar-refractivity contribution is 7.92. The number of sulfone groups is 1. The molecule has 0 radical (unpaired) electrons. The van der Waals surface area contributed by atoms with Crippen LogP contribution in [0.5, 0.6) is 0 Å². The Bertz CT molecular complexity index is 298. The van der Waals surface area contributed by atoms with Gasteiger partial charge in [0.15, 0.2) is 9.84 Å². The van der Waals surface area contributed by atoms with Crippen molar-refractivity contribution in [3.63, 3.8) is 0 Å². The first kappa shape index (κ1) is 10.4. The lowest BCUT2D eigenvalue weighted by Crippen LogP contribution is -2.55. The van der Waals surface area contributed by atoms with Gasteiger partial charge in [0.1, 0.15) is 0 Å². The minimum atomic E-state index is -2.84. The van der Waals surface area contributed by atoms with Crippen LogP contribution in [0.2, 0.25) is 0 Å². The molecule has 2 unspecified atom stereocenters. The van der Waals surface area contributed by atoms with Gasteiger partial charge in [0.05, 0.1) is 11.0 Å². The summed E-state index contributed by atoms with van der Waals surface area (Å²) in [6.45, 7) is 2.52. The van der Waals surface area contributed by atoms with Gasteiger partial charge in [-0.25, -0.2) is 8.42 Å². The van der Waals surface area contributed by atoms with Crippen LogP contribution in [-0.4, -0.2) is 50.0 Å². The van der Waals surface area contributed by atoms with Crippen LogP contribution in [0.1, 0.15) is 19.3 Å². The molecule has 2 heterocycles. The molecule has 14 heavy (non-hydrogen) atoms. The van der Waals surface area contributed by atoms with Gasteiger partial charge in [-0.2, -0.15) is 0 Å². The van der Waals surface area contributed by atoms with Crippen LogP contribution in [-0.2, 0) is 9.84 Å². The van der Waals surface area contributed by atoms with Gasteiger partial charge in [0.25, 0.3) is 0 Å². The summed E-state index contributed by atoms with van der Waals surface area (Å²) in [4.78, 5) is 2.22. The number of nitrogens with two attached hydrogens (primary N) is 1. The van der Waals surface area contributed by atoms with E-state index in [1.54, 1.807) is 0 Å². The Morgan fingerprint density at radius 1 is 1.36 bits per heavy atom. The summed E-state index contributed by atoms with van der Waals surface area (Å²) in [6.07, 6.45) is 2.81. The van der Waals surface area contributed by atoms with Crippen molar-refractivity contribution in [3.8, 4) is 0 Å². The molecule has 2 saturated heterocycles. The number of hydrogen-bond donors (Lipinski definition) is 1. The van der Waals surface area contributed by atoms with Crippen LogP contribution in [0, 0.1) is 0 Å². The van der Waals surface area contributed by atoms with Crippen LogP contribution in [0.4, 0.5) is 0 Å². The fraction of sp³-hybridized carbons (Fsp3) is 1.00. The van der Waals surface area contributed by atoms with Gasteiger partial charge < -0.3 is 5.73 Å². The summed E-state index contributed by atoms with van der Waals surface area (Å²) < 4.78 is 23.4. The van der Waals surface area contributed by atoms with E-state index in [0.717, 1.165) is 25.9 Å². The number of rotatable bonds is 3. The van der Waals surface area contributed by atoms with E-state index in [4.69, 9.17) is 5.73 Å². The highest BCUT2D eigenvalue weighted by atomic mass is 32.2. The third kappa shape index (κ3) is 1.68. The Hall–Kier alpha value is -0.130.